The van der Waals surface area contributed by atoms with Crippen molar-refractivity contribution >= 4 is 74.7 Å². The minimum atomic E-state index is -4.41. The predicted molar refractivity (Wildman–Crippen MR) is 151 cm³/mol. The first-order valence-electron chi connectivity index (χ1n) is 11.8. The Morgan fingerprint density at radius 2 is 1.74 bits per heavy atom. The summed E-state index contributed by atoms with van der Waals surface area (Å²) in [4.78, 5) is 14.7. The van der Waals surface area contributed by atoms with Crippen LogP contribution in [-0.2, 0) is 12.6 Å². The van der Waals surface area contributed by atoms with Gasteiger partial charge in [-0.1, -0.05) is 47.0 Å². The Labute approximate surface area is 237 Å². The van der Waals surface area contributed by atoms with E-state index >= 15 is 0 Å². The number of hydrogen-bond acceptors (Lipinski definition) is 7. The second-order valence-electron chi connectivity index (χ2n) is 8.76. The first-order valence-corrected chi connectivity index (χ1v) is 13.4. The molecule has 2 aromatic carbocycles. The summed E-state index contributed by atoms with van der Waals surface area (Å²) in [5, 5.41) is 11.7. The molecule has 38 heavy (non-hydrogen) atoms. The highest BCUT2D eigenvalue weighted by molar-refractivity contribution is 7.18. The molecule has 3 N–H and O–H groups in total. The number of halogens is 6. The van der Waals surface area contributed by atoms with E-state index in [0.29, 0.717) is 56.9 Å². The van der Waals surface area contributed by atoms with Crippen LogP contribution in [0.2, 0.25) is 10.0 Å². The third-order valence-corrected chi connectivity index (χ3v) is 7.74. The molecule has 1 unspecified atom stereocenters. The van der Waals surface area contributed by atoms with Crippen LogP contribution >= 0.6 is 46.9 Å². The Balaban J connectivity index is 0.00000336. The summed E-state index contributed by atoms with van der Waals surface area (Å²) >= 11 is 14.1. The van der Waals surface area contributed by atoms with Crippen molar-refractivity contribution in [2.24, 2.45) is 0 Å². The van der Waals surface area contributed by atoms with Crippen molar-refractivity contribution in [1.82, 2.24) is 20.3 Å². The van der Waals surface area contributed by atoms with E-state index in [9.17, 15) is 13.2 Å². The standard InChI is InChI=1S/C25H23Cl2F3N6S.ClH/c26-18-5-3-6-19(27)17(18)12-20-34-21-22(33-15-9-7-14(8-10-15)25(28,29)30)35-24(36-23(21)37-20)32-13-16-4-1-2-11-31-16;/h3,5-10,16,31H,1-2,4,11-13H2,(H2,32,33,35,36);1H. The van der Waals surface area contributed by atoms with Crippen LogP contribution in [0.3, 0.4) is 0 Å². The molecule has 0 radical (unpaired) electrons. The summed E-state index contributed by atoms with van der Waals surface area (Å²) in [6, 6.07) is 10.4. The number of hydrogen-bond donors (Lipinski definition) is 3. The van der Waals surface area contributed by atoms with Crippen LogP contribution in [0.4, 0.5) is 30.6 Å². The lowest BCUT2D eigenvalue weighted by Gasteiger charge is -2.23. The van der Waals surface area contributed by atoms with Gasteiger partial charge in [0.25, 0.3) is 0 Å². The average Bonchev–Trinajstić information content (AvgIpc) is 3.28. The van der Waals surface area contributed by atoms with Gasteiger partial charge in [-0.15, -0.1) is 12.4 Å². The lowest BCUT2D eigenvalue weighted by atomic mass is 10.1. The molecule has 2 aromatic heterocycles. The first kappa shape index (κ1) is 28.6. The minimum absolute atomic E-state index is 0. The number of benzene rings is 2. The molecule has 1 aliphatic rings. The number of rotatable bonds is 7. The largest absolute Gasteiger partial charge is 0.416 e. The van der Waals surface area contributed by atoms with E-state index in [1.807, 2.05) is 0 Å². The van der Waals surface area contributed by atoms with E-state index in [-0.39, 0.29) is 12.4 Å². The molecule has 0 saturated carbocycles. The Kier molecular flexibility index (Phi) is 9.20. The third kappa shape index (κ3) is 6.79. The molecular weight excluding hydrogens is 580 g/mol. The monoisotopic (exact) mass is 602 g/mol. The maximum Gasteiger partial charge on any atom is 0.416 e. The van der Waals surface area contributed by atoms with Crippen LogP contribution < -0.4 is 16.0 Å². The minimum Gasteiger partial charge on any atom is -0.353 e. The molecule has 4 aromatic rings. The van der Waals surface area contributed by atoms with Crippen molar-refractivity contribution in [3.05, 3.63) is 68.6 Å². The van der Waals surface area contributed by atoms with Crippen LogP contribution in [0, 0.1) is 0 Å². The van der Waals surface area contributed by atoms with Crippen molar-refractivity contribution in [3.8, 4) is 0 Å². The first-order chi connectivity index (χ1) is 17.8. The van der Waals surface area contributed by atoms with Gasteiger partial charge in [0, 0.05) is 34.7 Å². The van der Waals surface area contributed by atoms with Crippen molar-refractivity contribution in [2.75, 3.05) is 23.7 Å². The zero-order chi connectivity index (χ0) is 26.0. The Bertz CT molecular complexity index is 1370. The highest BCUT2D eigenvalue weighted by Gasteiger charge is 2.30. The second kappa shape index (κ2) is 12.2. The molecule has 1 saturated heterocycles. The maximum absolute atomic E-state index is 13.0. The van der Waals surface area contributed by atoms with Crippen LogP contribution in [0.25, 0.3) is 10.3 Å². The number of anilines is 3. The molecule has 0 bridgehead atoms. The molecule has 0 amide bonds. The predicted octanol–water partition coefficient (Wildman–Crippen LogP) is 7.72. The molecule has 5 rings (SSSR count). The van der Waals surface area contributed by atoms with Crippen LogP contribution in [0.15, 0.2) is 42.5 Å². The number of aromatic nitrogens is 3. The summed E-state index contributed by atoms with van der Waals surface area (Å²) in [6.45, 7) is 1.64. The summed E-state index contributed by atoms with van der Waals surface area (Å²) < 4.78 is 39.0. The number of thiazole rings is 1. The van der Waals surface area contributed by atoms with Crippen molar-refractivity contribution in [3.63, 3.8) is 0 Å². The van der Waals surface area contributed by atoms with E-state index in [0.717, 1.165) is 35.7 Å². The zero-order valence-electron chi connectivity index (χ0n) is 19.9. The van der Waals surface area contributed by atoms with Gasteiger partial charge in [0.05, 0.1) is 5.56 Å². The van der Waals surface area contributed by atoms with Gasteiger partial charge in [0.1, 0.15) is 10.5 Å². The number of fused-ring (bicyclic) bond motifs is 1. The van der Waals surface area contributed by atoms with Gasteiger partial charge in [-0.05, 0) is 61.3 Å². The molecule has 13 heteroatoms. The Morgan fingerprint density at radius 3 is 2.39 bits per heavy atom. The van der Waals surface area contributed by atoms with E-state index in [1.54, 1.807) is 18.2 Å². The molecule has 6 nitrogen and oxygen atoms in total. The summed E-state index contributed by atoms with van der Waals surface area (Å²) in [6.07, 6.45) is -0.597. The normalized spacial score (nSPS) is 15.8. The molecule has 1 fully saturated rings. The van der Waals surface area contributed by atoms with E-state index < -0.39 is 11.7 Å². The van der Waals surface area contributed by atoms with Gasteiger partial charge >= 0.3 is 6.18 Å². The summed E-state index contributed by atoms with van der Waals surface area (Å²) in [5.41, 5.74) is 1.01. The third-order valence-electron chi connectivity index (χ3n) is 6.09. The topological polar surface area (TPSA) is 74.8 Å². The molecular formula is C25H24Cl3F3N6S. The Hall–Kier alpha value is -2.37. The molecule has 1 atom stereocenters. The summed E-state index contributed by atoms with van der Waals surface area (Å²) in [7, 11) is 0. The van der Waals surface area contributed by atoms with Crippen LogP contribution in [0.1, 0.15) is 35.4 Å². The van der Waals surface area contributed by atoms with Gasteiger partial charge in [-0.25, -0.2) is 9.97 Å². The van der Waals surface area contributed by atoms with Crippen LogP contribution in [0.5, 0.6) is 0 Å². The number of alkyl halides is 3. The second-order valence-corrected chi connectivity index (χ2v) is 10.6. The number of piperidine rings is 1. The highest BCUT2D eigenvalue weighted by atomic mass is 35.5. The highest BCUT2D eigenvalue weighted by Crippen LogP contribution is 2.34. The summed E-state index contributed by atoms with van der Waals surface area (Å²) in [5.74, 6) is 0.817. The Morgan fingerprint density at radius 1 is 1.00 bits per heavy atom. The molecule has 3 heterocycles. The van der Waals surface area contributed by atoms with E-state index in [1.165, 1.54) is 36.3 Å². The van der Waals surface area contributed by atoms with E-state index in [4.69, 9.17) is 28.2 Å². The number of nitrogens with zero attached hydrogens (tertiary/aromatic N) is 3. The van der Waals surface area contributed by atoms with Gasteiger partial charge in [-0.2, -0.15) is 18.2 Å². The van der Waals surface area contributed by atoms with Gasteiger partial charge in [-0.3, -0.25) is 0 Å². The smallest absolute Gasteiger partial charge is 0.353 e. The molecule has 0 aliphatic carbocycles. The SMILES string of the molecule is Cl.FC(F)(F)c1ccc(Nc2nc(NCC3CCCCN3)nc3sc(Cc4c(Cl)cccc4Cl)nc23)cc1. The fourth-order valence-electron chi connectivity index (χ4n) is 4.15. The average molecular weight is 604 g/mol. The molecule has 0 spiro atoms. The number of nitrogens with one attached hydrogen (secondary N) is 3. The van der Waals surface area contributed by atoms with Crippen molar-refractivity contribution < 1.29 is 13.2 Å². The van der Waals surface area contributed by atoms with Gasteiger partial charge in [0.2, 0.25) is 5.95 Å². The zero-order valence-corrected chi connectivity index (χ0v) is 23.1. The van der Waals surface area contributed by atoms with Crippen LogP contribution in [-0.4, -0.2) is 34.1 Å². The van der Waals surface area contributed by atoms with Crippen molar-refractivity contribution in [1.29, 1.82) is 0 Å². The fourth-order valence-corrected chi connectivity index (χ4v) is 5.63. The maximum atomic E-state index is 13.0. The van der Waals surface area contributed by atoms with E-state index in [2.05, 4.69) is 25.9 Å². The van der Waals surface area contributed by atoms with Crippen molar-refractivity contribution in [2.45, 2.75) is 37.9 Å². The molecule has 1 aliphatic heterocycles. The molecule has 202 valence electrons. The lowest BCUT2D eigenvalue weighted by molar-refractivity contribution is -0.137. The lowest BCUT2D eigenvalue weighted by Crippen LogP contribution is -2.39. The van der Waals surface area contributed by atoms with Gasteiger partial charge in [0.15, 0.2) is 10.6 Å². The fraction of sp³-hybridized carbons (Fsp3) is 0.320. The van der Waals surface area contributed by atoms with Gasteiger partial charge < -0.3 is 16.0 Å². The quantitative estimate of drug-likeness (QED) is 0.201.